The summed E-state index contributed by atoms with van der Waals surface area (Å²) >= 11 is 0. The number of benzene rings is 8. The molecule has 0 atom stereocenters. The van der Waals surface area contributed by atoms with Crippen molar-refractivity contribution in [3.05, 3.63) is 192 Å². The minimum Gasteiger partial charge on any atom is -0.416 e. The maximum absolute atomic E-state index is 7.78. The van der Waals surface area contributed by atoms with Crippen LogP contribution in [0.2, 0.25) is 50.4 Å². The molecule has 8 aromatic rings. The summed E-state index contributed by atoms with van der Waals surface area (Å²) < 4.78 is 31.1. The second-order valence-corrected chi connectivity index (χ2v) is 33.2. The van der Waals surface area contributed by atoms with Crippen LogP contribution in [0.25, 0.3) is 43.1 Å². The third kappa shape index (κ3) is 10.6. The zero-order chi connectivity index (χ0) is 44.0. The number of fused-ring (bicyclic) bond motifs is 4. The van der Waals surface area contributed by atoms with Gasteiger partial charge in [-0.2, -0.15) is 0 Å². The molecule has 1 fully saturated rings. The van der Waals surface area contributed by atoms with Crippen molar-refractivity contribution in [2.24, 2.45) is 0 Å². The summed E-state index contributed by atoms with van der Waals surface area (Å²) in [4.78, 5) is 0. The first kappa shape index (κ1) is 44.7. The zero-order valence-corrected chi connectivity index (χ0v) is 42.3. The van der Waals surface area contributed by atoms with Gasteiger partial charge in [-0.05, 0) is 167 Å². The van der Waals surface area contributed by atoms with E-state index >= 15 is 0 Å². The summed E-state index contributed by atoms with van der Waals surface area (Å²) in [6.07, 6.45) is 7.93. The Morgan fingerprint density at radius 2 is 0.469 bits per heavy atom. The van der Waals surface area contributed by atoms with Gasteiger partial charge in [0.05, 0.1) is 0 Å². The van der Waals surface area contributed by atoms with Crippen molar-refractivity contribution in [1.29, 1.82) is 0 Å². The Balaban J connectivity index is 1.01. The molecule has 0 aromatic heterocycles. The predicted octanol–water partition coefficient (Wildman–Crippen LogP) is 15.5. The van der Waals surface area contributed by atoms with Crippen molar-refractivity contribution in [3.63, 3.8) is 0 Å². The summed E-state index contributed by atoms with van der Waals surface area (Å²) in [5.41, 5.74) is 5.58. The van der Waals surface area contributed by atoms with Crippen LogP contribution in [0.4, 0.5) is 0 Å². The lowest BCUT2D eigenvalue weighted by Crippen LogP contribution is -2.67. The monoisotopic (exact) mass is 912 g/mol. The highest BCUT2D eigenvalue weighted by Gasteiger charge is 2.56. The molecule has 0 amide bonds. The molecule has 0 N–H and O–H groups in total. The van der Waals surface area contributed by atoms with Crippen LogP contribution in [0, 0.1) is 0 Å². The fourth-order valence-corrected chi connectivity index (χ4v) is 34.1. The van der Waals surface area contributed by atoms with Crippen LogP contribution in [0.5, 0.6) is 0 Å². The second-order valence-electron chi connectivity index (χ2n) is 18.9. The van der Waals surface area contributed by atoms with E-state index in [1.165, 1.54) is 65.3 Å². The van der Waals surface area contributed by atoms with E-state index in [-0.39, 0.29) is 0 Å². The normalized spacial score (nSPS) is 22.8. The van der Waals surface area contributed by atoms with Gasteiger partial charge >= 0.3 is 34.2 Å². The summed E-state index contributed by atoms with van der Waals surface area (Å²) in [6, 6.07) is 65.6. The molecule has 1 saturated heterocycles. The molecule has 0 saturated carbocycles. The van der Waals surface area contributed by atoms with Crippen LogP contribution < -0.4 is 0 Å². The van der Waals surface area contributed by atoms with E-state index in [0.29, 0.717) is 0 Å². The van der Waals surface area contributed by atoms with Gasteiger partial charge in [-0.3, -0.25) is 0 Å². The number of hydrogen-bond donors (Lipinski definition) is 0. The zero-order valence-electron chi connectivity index (χ0n) is 38.3. The molecule has 8 aromatic carbocycles. The third-order valence-electron chi connectivity index (χ3n) is 13.6. The minimum atomic E-state index is -2.84. The molecule has 0 radical (unpaired) electrons. The Morgan fingerprint density at radius 3 is 0.703 bits per heavy atom. The number of rotatable bonds is 16. The Kier molecular flexibility index (Phi) is 13.6. The molecule has 9 rings (SSSR count). The Labute approximate surface area is 385 Å². The lowest BCUT2D eigenvalue weighted by atomic mass is 10.0. The molecule has 64 heavy (non-hydrogen) atoms. The van der Waals surface area contributed by atoms with Crippen LogP contribution in [0.3, 0.4) is 0 Å². The van der Waals surface area contributed by atoms with Crippen LogP contribution >= 0.6 is 0 Å². The summed E-state index contributed by atoms with van der Waals surface area (Å²) in [5, 5.41) is 10.6. The first-order chi connectivity index (χ1) is 31.1. The largest absolute Gasteiger partial charge is 0.416 e. The molecule has 0 unspecified atom stereocenters. The first-order valence-corrected chi connectivity index (χ1v) is 33.8. The van der Waals surface area contributed by atoms with Gasteiger partial charge in [-0.25, -0.2) is 0 Å². The highest BCUT2D eigenvalue weighted by atomic mass is 28.5. The summed E-state index contributed by atoms with van der Waals surface area (Å²) in [5.74, 6) is 0. The van der Waals surface area contributed by atoms with Gasteiger partial charge in [-0.1, -0.05) is 170 Å². The molecule has 1 aliphatic rings. The van der Waals surface area contributed by atoms with Crippen molar-refractivity contribution in [1.82, 2.24) is 0 Å². The molecule has 328 valence electrons. The van der Waals surface area contributed by atoms with Crippen molar-refractivity contribution < 1.29 is 16.5 Å². The topological polar surface area (TPSA) is 36.9 Å². The van der Waals surface area contributed by atoms with Gasteiger partial charge in [-0.15, -0.1) is 0 Å². The molecule has 0 aliphatic carbocycles. The van der Waals surface area contributed by atoms with E-state index in [2.05, 4.69) is 196 Å². The van der Waals surface area contributed by atoms with Gasteiger partial charge in [0, 0.05) is 0 Å². The molecule has 0 spiro atoms. The summed E-state index contributed by atoms with van der Waals surface area (Å²) in [7, 11) is -11.4. The molecule has 1 heterocycles. The number of hydrogen-bond acceptors (Lipinski definition) is 4. The highest BCUT2D eigenvalue weighted by molar-refractivity contribution is 6.93. The molecular formula is C56H64O4Si4. The molecule has 4 nitrogen and oxygen atoms in total. The maximum atomic E-state index is 7.78. The Bertz CT molecular complexity index is 2440. The van der Waals surface area contributed by atoms with E-state index in [1.54, 1.807) is 0 Å². The van der Waals surface area contributed by atoms with Gasteiger partial charge in [0.2, 0.25) is 0 Å². The number of aryl methyl sites for hydroxylation is 4. The van der Waals surface area contributed by atoms with E-state index in [4.69, 9.17) is 16.5 Å². The van der Waals surface area contributed by atoms with Crippen molar-refractivity contribution >= 4 is 77.3 Å². The van der Waals surface area contributed by atoms with Crippen LogP contribution in [0.1, 0.15) is 47.9 Å². The molecule has 1 aliphatic heterocycles. The first-order valence-electron chi connectivity index (χ1n) is 23.7. The Morgan fingerprint density at radius 1 is 0.266 bits per heavy atom. The van der Waals surface area contributed by atoms with Crippen molar-refractivity contribution in [3.8, 4) is 0 Å². The van der Waals surface area contributed by atoms with E-state index in [9.17, 15) is 0 Å². The van der Waals surface area contributed by atoms with E-state index in [0.717, 1.165) is 75.5 Å². The predicted molar refractivity (Wildman–Crippen MR) is 279 cm³/mol. The fourth-order valence-electron chi connectivity index (χ4n) is 10.8. The second kappa shape index (κ2) is 19.5. The fraction of sp³-hybridized carbons (Fsp3) is 0.286. The van der Waals surface area contributed by atoms with Gasteiger partial charge < -0.3 is 16.5 Å². The minimum absolute atomic E-state index is 0.903. The quantitative estimate of drug-likeness (QED) is 0.0905. The standard InChI is InChI=1S/C56H64O4Si4/c1-61(41-17-33-49-29-13-25-45-21-5-9-37-53(45)49)57-62(2,42-18-34-50-30-14-26-46-22-6-10-38-54(46)50)59-64(4,44-20-36-52-32-16-28-48-24-8-12-40-56(48)52)60-63(3,58-61)43-19-35-51-31-15-27-47-23-7-11-39-55(47)51/h5-16,21-32,37-40H,17-20,33-36,41-44H2,1-4H3. The van der Waals surface area contributed by atoms with Crippen LogP contribution in [-0.4, -0.2) is 34.2 Å². The van der Waals surface area contributed by atoms with Crippen LogP contribution in [-0.2, 0) is 42.1 Å². The van der Waals surface area contributed by atoms with Crippen LogP contribution in [0.15, 0.2) is 170 Å². The van der Waals surface area contributed by atoms with Crippen molar-refractivity contribution in [2.75, 3.05) is 0 Å². The van der Waals surface area contributed by atoms with Gasteiger partial charge in [0.25, 0.3) is 0 Å². The average Bonchev–Trinajstić information content (AvgIpc) is 3.28. The lowest BCUT2D eigenvalue weighted by Gasteiger charge is -2.50. The molecule has 0 bridgehead atoms. The van der Waals surface area contributed by atoms with Gasteiger partial charge in [0.15, 0.2) is 0 Å². The lowest BCUT2D eigenvalue weighted by molar-refractivity contribution is 0.220. The van der Waals surface area contributed by atoms with Gasteiger partial charge in [0.1, 0.15) is 0 Å². The highest BCUT2D eigenvalue weighted by Crippen LogP contribution is 2.40. The third-order valence-corrected chi connectivity index (χ3v) is 32.4. The molecule has 8 heteroatoms. The summed E-state index contributed by atoms with van der Waals surface area (Å²) in [6.45, 7) is 9.39. The van der Waals surface area contributed by atoms with Crippen molar-refractivity contribution in [2.45, 2.75) is 102 Å². The van der Waals surface area contributed by atoms with E-state index in [1.807, 2.05) is 0 Å². The maximum Gasteiger partial charge on any atom is 0.317 e. The smallest absolute Gasteiger partial charge is 0.317 e. The average molecular weight is 913 g/mol. The van der Waals surface area contributed by atoms with E-state index < -0.39 is 34.2 Å². The molecular weight excluding hydrogens is 849 g/mol. The SMILES string of the molecule is C[Si]1(CCCc2cccc3ccccc23)O[Si](C)(CCCc2cccc3ccccc23)O[Si](C)(CCCc2cccc3ccccc23)O[Si](C)(CCCc2cccc3ccccc23)O1. The Hall–Kier alpha value is -4.49.